The molecule has 0 aromatic rings. The van der Waals surface area contributed by atoms with E-state index in [9.17, 15) is 4.79 Å². The minimum Gasteiger partial charge on any atom is -0.355 e. The lowest BCUT2D eigenvalue weighted by atomic mass is 9.94. The number of nitrogens with zero attached hydrogens (tertiary/aromatic N) is 1. The fourth-order valence-electron chi connectivity index (χ4n) is 2.64. The Balaban J connectivity index is 2.11. The monoisotopic (exact) mass is 332 g/mol. The van der Waals surface area contributed by atoms with Crippen LogP contribution in [0.25, 0.3) is 0 Å². The molecule has 1 saturated carbocycles. The average molecular weight is 333 g/mol. The molecule has 0 spiro atoms. The number of carbonyl (C=O) groups is 1. The smallest absolute Gasteiger partial charge is 0.234 e. The number of amides is 1. The maximum atomic E-state index is 11.8. The molecule has 1 atom stereocenters. The number of rotatable bonds is 7. The van der Waals surface area contributed by atoms with E-state index in [2.05, 4.69) is 47.0 Å². The van der Waals surface area contributed by atoms with E-state index in [1.54, 1.807) is 0 Å². The molecule has 0 heterocycles. The maximum absolute atomic E-state index is 11.8. The SMILES string of the molecule is CC(C)C(Br)C(=O)NCCCN(C)C1CCCCC1. The number of alkyl halides is 1. The summed E-state index contributed by atoms with van der Waals surface area (Å²) in [5.74, 6) is 0.459. The van der Waals surface area contributed by atoms with Gasteiger partial charge in [0.15, 0.2) is 0 Å². The van der Waals surface area contributed by atoms with E-state index in [1.807, 2.05) is 0 Å². The van der Waals surface area contributed by atoms with E-state index in [4.69, 9.17) is 0 Å². The predicted molar refractivity (Wildman–Crippen MR) is 84.7 cm³/mol. The Kier molecular flexibility index (Phi) is 8.00. The normalized spacial score (nSPS) is 18.8. The molecule has 112 valence electrons. The topological polar surface area (TPSA) is 32.3 Å². The van der Waals surface area contributed by atoms with Crippen LogP contribution in [0.15, 0.2) is 0 Å². The lowest BCUT2D eigenvalue weighted by Crippen LogP contribution is -2.38. The first-order valence-electron chi connectivity index (χ1n) is 7.64. The van der Waals surface area contributed by atoms with Crippen molar-refractivity contribution in [3.05, 3.63) is 0 Å². The minimum absolute atomic E-state index is 0.0661. The molecular weight excluding hydrogens is 304 g/mol. The van der Waals surface area contributed by atoms with Crippen molar-refractivity contribution in [2.75, 3.05) is 20.1 Å². The Morgan fingerprint density at radius 2 is 1.95 bits per heavy atom. The zero-order valence-electron chi connectivity index (χ0n) is 12.6. The predicted octanol–water partition coefficient (Wildman–Crippen LogP) is 3.18. The molecule has 0 aromatic carbocycles. The van der Waals surface area contributed by atoms with E-state index in [1.165, 1.54) is 32.1 Å². The zero-order valence-corrected chi connectivity index (χ0v) is 14.2. The zero-order chi connectivity index (χ0) is 14.3. The summed E-state index contributed by atoms with van der Waals surface area (Å²) in [5, 5.41) is 3.01. The molecule has 1 N–H and O–H groups in total. The highest BCUT2D eigenvalue weighted by atomic mass is 79.9. The summed E-state index contributed by atoms with van der Waals surface area (Å²) in [5.41, 5.74) is 0. The van der Waals surface area contributed by atoms with Gasteiger partial charge in [-0.3, -0.25) is 4.79 Å². The first-order valence-corrected chi connectivity index (χ1v) is 8.56. The van der Waals surface area contributed by atoms with Crippen LogP contribution in [0.4, 0.5) is 0 Å². The molecule has 1 rings (SSSR count). The van der Waals surface area contributed by atoms with E-state index < -0.39 is 0 Å². The van der Waals surface area contributed by atoms with Crippen LogP contribution in [-0.4, -0.2) is 41.8 Å². The number of nitrogens with one attached hydrogen (secondary N) is 1. The highest BCUT2D eigenvalue weighted by Crippen LogP contribution is 2.21. The van der Waals surface area contributed by atoms with Crippen molar-refractivity contribution in [1.29, 1.82) is 0 Å². The van der Waals surface area contributed by atoms with Gasteiger partial charge >= 0.3 is 0 Å². The van der Waals surface area contributed by atoms with Crippen LogP contribution in [0.1, 0.15) is 52.4 Å². The lowest BCUT2D eigenvalue weighted by Gasteiger charge is -2.31. The van der Waals surface area contributed by atoms with Gasteiger partial charge in [-0.15, -0.1) is 0 Å². The van der Waals surface area contributed by atoms with Crippen molar-refractivity contribution in [2.24, 2.45) is 5.92 Å². The molecule has 0 radical (unpaired) electrons. The van der Waals surface area contributed by atoms with Crippen molar-refractivity contribution < 1.29 is 4.79 Å². The van der Waals surface area contributed by atoms with Gasteiger partial charge in [0.1, 0.15) is 0 Å². The van der Waals surface area contributed by atoms with Gasteiger partial charge in [0.25, 0.3) is 0 Å². The summed E-state index contributed by atoms with van der Waals surface area (Å²) in [7, 11) is 2.22. The molecule has 3 nitrogen and oxygen atoms in total. The second-order valence-corrected chi connectivity index (χ2v) is 7.05. The second kappa shape index (κ2) is 8.96. The number of carbonyl (C=O) groups excluding carboxylic acids is 1. The lowest BCUT2D eigenvalue weighted by molar-refractivity contribution is -0.121. The summed E-state index contributed by atoms with van der Waals surface area (Å²) in [6, 6.07) is 0.768. The van der Waals surface area contributed by atoms with E-state index in [-0.39, 0.29) is 10.7 Å². The standard InChI is InChI=1S/C15H29BrN2O/c1-12(2)14(16)15(19)17-10-7-11-18(3)13-8-5-4-6-9-13/h12-14H,4-11H2,1-3H3,(H,17,19). The third kappa shape index (κ3) is 6.26. The molecule has 1 fully saturated rings. The fraction of sp³-hybridized carbons (Fsp3) is 0.933. The quantitative estimate of drug-likeness (QED) is 0.573. The van der Waals surface area contributed by atoms with Crippen molar-refractivity contribution in [3.63, 3.8) is 0 Å². The van der Waals surface area contributed by atoms with Crippen LogP contribution in [0.5, 0.6) is 0 Å². The number of hydrogen-bond acceptors (Lipinski definition) is 2. The van der Waals surface area contributed by atoms with Gasteiger partial charge in [-0.2, -0.15) is 0 Å². The minimum atomic E-state index is -0.0661. The van der Waals surface area contributed by atoms with Gasteiger partial charge in [0.05, 0.1) is 4.83 Å². The van der Waals surface area contributed by atoms with Gasteiger partial charge in [0.2, 0.25) is 5.91 Å². The van der Waals surface area contributed by atoms with E-state index >= 15 is 0 Å². The molecular formula is C15H29BrN2O. The number of halogens is 1. The van der Waals surface area contributed by atoms with Crippen molar-refractivity contribution in [1.82, 2.24) is 10.2 Å². The Hall–Kier alpha value is -0.0900. The van der Waals surface area contributed by atoms with Gasteiger partial charge in [-0.05, 0) is 38.8 Å². The molecule has 1 aliphatic carbocycles. The van der Waals surface area contributed by atoms with Crippen LogP contribution in [0.3, 0.4) is 0 Å². The molecule has 1 amide bonds. The summed E-state index contributed by atoms with van der Waals surface area (Å²) >= 11 is 3.43. The molecule has 0 aromatic heterocycles. The fourth-order valence-corrected chi connectivity index (χ4v) is 2.81. The highest BCUT2D eigenvalue weighted by Gasteiger charge is 2.19. The molecule has 0 saturated heterocycles. The van der Waals surface area contributed by atoms with Crippen LogP contribution in [-0.2, 0) is 4.79 Å². The van der Waals surface area contributed by atoms with Crippen molar-refractivity contribution in [2.45, 2.75) is 63.2 Å². The summed E-state index contributed by atoms with van der Waals surface area (Å²) in [6.45, 7) is 5.97. The molecule has 1 aliphatic rings. The largest absolute Gasteiger partial charge is 0.355 e. The van der Waals surface area contributed by atoms with Gasteiger partial charge in [-0.25, -0.2) is 0 Å². The summed E-state index contributed by atoms with van der Waals surface area (Å²) < 4.78 is 0. The number of hydrogen-bond donors (Lipinski definition) is 1. The Bertz CT molecular complexity index is 265. The van der Waals surface area contributed by atoms with Crippen LogP contribution in [0.2, 0.25) is 0 Å². The summed E-state index contributed by atoms with van der Waals surface area (Å²) in [6.07, 6.45) is 7.90. The van der Waals surface area contributed by atoms with Crippen LogP contribution >= 0.6 is 15.9 Å². The molecule has 0 bridgehead atoms. The Morgan fingerprint density at radius 3 is 2.53 bits per heavy atom. The van der Waals surface area contributed by atoms with Crippen molar-refractivity contribution >= 4 is 21.8 Å². The Morgan fingerprint density at radius 1 is 1.32 bits per heavy atom. The van der Waals surface area contributed by atoms with Gasteiger partial charge in [0, 0.05) is 12.6 Å². The van der Waals surface area contributed by atoms with Gasteiger partial charge in [-0.1, -0.05) is 49.0 Å². The Labute approximate surface area is 126 Å². The highest BCUT2D eigenvalue weighted by molar-refractivity contribution is 9.10. The van der Waals surface area contributed by atoms with Crippen LogP contribution < -0.4 is 5.32 Å². The summed E-state index contributed by atoms with van der Waals surface area (Å²) in [4.78, 5) is 14.2. The third-order valence-electron chi connectivity index (χ3n) is 4.02. The van der Waals surface area contributed by atoms with E-state index in [0.29, 0.717) is 5.92 Å². The molecule has 0 aliphatic heterocycles. The van der Waals surface area contributed by atoms with Gasteiger partial charge < -0.3 is 10.2 Å². The first-order chi connectivity index (χ1) is 9.02. The van der Waals surface area contributed by atoms with Crippen molar-refractivity contribution in [3.8, 4) is 0 Å². The third-order valence-corrected chi connectivity index (χ3v) is 5.49. The maximum Gasteiger partial charge on any atom is 0.234 e. The molecule has 19 heavy (non-hydrogen) atoms. The molecule has 1 unspecified atom stereocenters. The first kappa shape index (κ1) is 17.0. The van der Waals surface area contributed by atoms with E-state index in [0.717, 1.165) is 25.6 Å². The average Bonchev–Trinajstić information content (AvgIpc) is 2.43. The van der Waals surface area contributed by atoms with Crippen LogP contribution in [0, 0.1) is 5.92 Å². The molecule has 4 heteroatoms. The second-order valence-electron chi connectivity index (χ2n) is 6.06.